The highest BCUT2D eigenvalue weighted by atomic mass is 16.5. The molecule has 28 heavy (non-hydrogen) atoms. The number of aliphatic carboxylic acids is 1. The summed E-state index contributed by atoms with van der Waals surface area (Å²) in [4.78, 5) is 26.3. The van der Waals surface area contributed by atoms with Gasteiger partial charge in [0.2, 0.25) is 5.91 Å². The maximum absolute atomic E-state index is 13.2. The van der Waals surface area contributed by atoms with Crippen LogP contribution in [-0.2, 0) is 22.6 Å². The van der Waals surface area contributed by atoms with E-state index in [4.69, 9.17) is 4.74 Å². The van der Waals surface area contributed by atoms with Gasteiger partial charge in [0.25, 0.3) is 0 Å². The second-order valence-electron chi connectivity index (χ2n) is 7.39. The van der Waals surface area contributed by atoms with Crippen molar-refractivity contribution in [1.82, 2.24) is 4.90 Å². The largest absolute Gasteiger partial charge is 0.497 e. The lowest BCUT2D eigenvalue weighted by molar-refractivity contribution is -0.141. The molecule has 0 aliphatic heterocycles. The van der Waals surface area contributed by atoms with Crippen LogP contribution in [0.5, 0.6) is 5.75 Å². The number of ether oxygens (including phenoxy) is 1. The fourth-order valence-electron chi connectivity index (χ4n) is 3.82. The molecule has 0 heterocycles. The number of carbonyl (C=O) groups is 2. The Morgan fingerprint density at radius 1 is 1.00 bits per heavy atom. The minimum absolute atomic E-state index is 0.0705. The molecule has 0 bridgehead atoms. The standard InChI is InChI=1S/C23H27NO4/c1-28-21-11-7-17(8-12-21)13-14-24(16-18-5-3-2-4-6-18)22(25)19-9-10-20(15-19)23(26)27/h2-8,11-12,19-20H,9-10,13-16H2,1H3,(H,26,27)/t19-,20+/m1/s1. The molecule has 5 heteroatoms. The number of benzene rings is 2. The number of hydrogen-bond acceptors (Lipinski definition) is 3. The third-order valence-corrected chi connectivity index (χ3v) is 5.49. The second-order valence-corrected chi connectivity index (χ2v) is 7.39. The van der Waals surface area contributed by atoms with Crippen molar-refractivity contribution in [3.05, 3.63) is 65.7 Å². The Balaban J connectivity index is 1.69. The summed E-state index contributed by atoms with van der Waals surface area (Å²) >= 11 is 0. The maximum Gasteiger partial charge on any atom is 0.306 e. The van der Waals surface area contributed by atoms with Crippen LogP contribution < -0.4 is 4.74 Å². The van der Waals surface area contributed by atoms with Crippen molar-refractivity contribution in [1.29, 1.82) is 0 Å². The van der Waals surface area contributed by atoms with Crippen LogP contribution in [0.3, 0.4) is 0 Å². The molecule has 1 aliphatic carbocycles. The zero-order valence-corrected chi connectivity index (χ0v) is 16.2. The maximum atomic E-state index is 13.2. The fourth-order valence-corrected chi connectivity index (χ4v) is 3.82. The Kier molecular flexibility index (Phi) is 6.69. The molecule has 2 aromatic rings. The minimum atomic E-state index is -0.789. The molecule has 3 rings (SSSR count). The van der Waals surface area contributed by atoms with Crippen molar-refractivity contribution in [2.45, 2.75) is 32.2 Å². The first-order valence-electron chi connectivity index (χ1n) is 9.75. The van der Waals surface area contributed by atoms with Crippen molar-refractivity contribution in [2.75, 3.05) is 13.7 Å². The van der Waals surface area contributed by atoms with Crippen LogP contribution in [0.2, 0.25) is 0 Å². The van der Waals surface area contributed by atoms with Crippen LogP contribution in [-0.4, -0.2) is 35.5 Å². The van der Waals surface area contributed by atoms with E-state index >= 15 is 0 Å². The Labute approximate surface area is 165 Å². The van der Waals surface area contributed by atoms with Crippen LogP contribution in [0.25, 0.3) is 0 Å². The Bertz CT molecular complexity index is 788. The number of rotatable bonds is 8. The quantitative estimate of drug-likeness (QED) is 0.756. The molecule has 0 aromatic heterocycles. The molecule has 0 unspecified atom stereocenters. The van der Waals surface area contributed by atoms with E-state index in [-0.39, 0.29) is 11.8 Å². The summed E-state index contributed by atoms with van der Waals surface area (Å²) in [5.41, 5.74) is 2.22. The molecule has 0 spiro atoms. The molecule has 2 atom stereocenters. The lowest BCUT2D eigenvalue weighted by Crippen LogP contribution is -2.36. The fraction of sp³-hybridized carbons (Fsp3) is 0.391. The Hall–Kier alpha value is -2.82. The highest BCUT2D eigenvalue weighted by Gasteiger charge is 2.35. The SMILES string of the molecule is COc1ccc(CCN(Cc2ccccc2)C(=O)[C@@H]2CC[C@H](C(=O)O)C2)cc1. The lowest BCUT2D eigenvalue weighted by atomic mass is 10.0. The van der Waals surface area contributed by atoms with E-state index in [2.05, 4.69) is 0 Å². The van der Waals surface area contributed by atoms with E-state index in [0.29, 0.717) is 32.4 Å². The van der Waals surface area contributed by atoms with Crippen molar-refractivity contribution in [3.63, 3.8) is 0 Å². The Morgan fingerprint density at radius 3 is 2.29 bits per heavy atom. The number of nitrogens with zero attached hydrogens (tertiary/aromatic N) is 1. The van der Waals surface area contributed by atoms with Crippen LogP contribution in [0.1, 0.15) is 30.4 Å². The predicted molar refractivity (Wildman–Crippen MR) is 107 cm³/mol. The van der Waals surface area contributed by atoms with Gasteiger partial charge >= 0.3 is 5.97 Å². The third kappa shape index (κ3) is 5.12. The molecule has 1 saturated carbocycles. The summed E-state index contributed by atoms with van der Waals surface area (Å²) in [5, 5.41) is 9.25. The first-order chi connectivity index (χ1) is 13.6. The molecule has 148 valence electrons. The number of amides is 1. The summed E-state index contributed by atoms with van der Waals surface area (Å²) in [7, 11) is 1.64. The topological polar surface area (TPSA) is 66.8 Å². The summed E-state index contributed by atoms with van der Waals surface area (Å²) in [6.45, 7) is 1.15. The van der Waals surface area contributed by atoms with Gasteiger partial charge in [-0.2, -0.15) is 0 Å². The summed E-state index contributed by atoms with van der Waals surface area (Å²) in [6, 6.07) is 17.8. The van der Waals surface area contributed by atoms with E-state index in [1.807, 2.05) is 59.5 Å². The second kappa shape index (κ2) is 9.40. The molecule has 1 N–H and O–H groups in total. The number of carbonyl (C=O) groups excluding carboxylic acids is 1. The average Bonchev–Trinajstić information content (AvgIpc) is 3.22. The van der Waals surface area contributed by atoms with Gasteiger partial charge in [-0.25, -0.2) is 0 Å². The molecule has 0 radical (unpaired) electrons. The van der Waals surface area contributed by atoms with E-state index in [1.54, 1.807) is 7.11 Å². The molecule has 0 saturated heterocycles. The van der Waals surface area contributed by atoms with Gasteiger partial charge in [-0.1, -0.05) is 42.5 Å². The van der Waals surface area contributed by atoms with E-state index < -0.39 is 11.9 Å². The average molecular weight is 381 g/mol. The number of hydrogen-bond donors (Lipinski definition) is 1. The number of carboxylic acids is 1. The Morgan fingerprint density at radius 2 is 1.68 bits per heavy atom. The van der Waals surface area contributed by atoms with Crippen molar-refractivity contribution < 1.29 is 19.4 Å². The third-order valence-electron chi connectivity index (χ3n) is 5.49. The van der Waals surface area contributed by atoms with Crippen LogP contribution >= 0.6 is 0 Å². The van der Waals surface area contributed by atoms with E-state index in [1.165, 1.54) is 0 Å². The van der Waals surface area contributed by atoms with Crippen molar-refractivity contribution in [3.8, 4) is 5.75 Å². The zero-order chi connectivity index (χ0) is 19.9. The first kappa shape index (κ1) is 19.9. The smallest absolute Gasteiger partial charge is 0.306 e. The molecule has 1 fully saturated rings. The van der Waals surface area contributed by atoms with Gasteiger partial charge in [-0.15, -0.1) is 0 Å². The van der Waals surface area contributed by atoms with Gasteiger partial charge in [-0.3, -0.25) is 9.59 Å². The number of carboxylic acid groups (broad SMARTS) is 1. The normalized spacial score (nSPS) is 18.6. The molecule has 1 aliphatic rings. The summed E-state index contributed by atoms with van der Waals surface area (Å²) in [6.07, 6.45) is 2.44. The zero-order valence-electron chi connectivity index (χ0n) is 16.2. The summed E-state index contributed by atoms with van der Waals surface area (Å²) in [5.74, 6) is -0.495. The molecular formula is C23H27NO4. The van der Waals surface area contributed by atoms with Gasteiger partial charge in [0.1, 0.15) is 5.75 Å². The number of methoxy groups -OCH3 is 1. The van der Waals surface area contributed by atoms with Crippen molar-refractivity contribution in [2.24, 2.45) is 11.8 Å². The van der Waals surface area contributed by atoms with Crippen LogP contribution in [0, 0.1) is 11.8 Å². The van der Waals surface area contributed by atoms with E-state index in [9.17, 15) is 14.7 Å². The van der Waals surface area contributed by atoms with Gasteiger partial charge in [0.05, 0.1) is 13.0 Å². The molecule has 2 aromatic carbocycles. The predicted octanol–water partition coefficient (Wildman–Crippen LogP) is 3.77. The van der Waals surface area contributed by atoms with Gasteiger partial charge < -0.3 is 14.7 Å². The highest BCUT2D eigenvalue weighted by molar-refractivity contribution is 5.81. The summed E-state index contributed by atoms with van der Waals surface area (Å²) < 4.78 is 5.20. The lowest BCUT2D eigenvalue weighted by Gasteiger charge is -2.26. The minimum Gasteiger partial charge on any atom is -0.497 e. The van der Waals surface area contributed by atoms with E-state index in [0.717, 1.165) is 23.3 Å². The molecule has 1 amide bonds. The van der Waals surface area contributed by atoms with Crippen molar-refractivity contribution >= 4 is 11.9 Å². The monoisotopic (exact) mass is 381 g/mol. The highest BCUT2D eigenvalue weighted by Crippen LogP contribution is 2.32. The van der Waals surface area contributed by atoms with Crippen LogP contribution in [0.4, 0.5) is 0 Å². The molecular weight excluding hydrogens is 354 g/mol. The van der Waals surface area contributed by atoms with Gasteiger partial charge in [0.15, 0.2) is 0 Å². The first-order valence-corrected chi connectivity index (χ1v) is 9.75. The van der Waals surface area contributed by atoms with Crippen LogP contribution in [0.15, 0.2) is 54.6 Å². The van der Waals surface area contributed by atoms with Gasteiger partial charge in [-0.05, 0) is 48.9 Å². The van der Waals surface area contributed by atoms with Gasteiger partial charge in [0, 0.05) is 19.0 Å². The molecule has 5 nitrogen and oxygen atoms in total.